The summed E-state index contributed by atoms with van der Waals surface area (Å²) in [4.78, 5) is 35.7. The van der Waals surface area contributed by atoms with Crippen LogP contribution in [-0.4, -0.2) is 90.2 Å². The van der Waals surface area contributed by atoms with Gasteiger partial charge in [-0.15, -0.1) is 0 Å². The van der Waals surface area contributed by atoms with E-state index in [0.29, 0.717) is 41.8 Å². The van der Waals surface area contributed by atoms with Crippen LogP contribution in [0.3, 0.4) is 0 Å². The minimum absolute atomic E-state index is 0.0765. The van der Waals surface area contributed by atoms with Crippen molar-refractivity contribution in [1.29, 1.82) is 0 Å². The van der Waals surface area contributed by atoms with Crippen LogP contribution in [0.2, 0.25) is 0 Å². The first kappa shape index (κ1) is 35.5. The minimum Gasteiger partial charge on any atom is -0.439 e. The number of pyridine rings is 1. The normalized spacial score (nSPS) is 16.3. The Bertz CT molecular complexity index is 1970. The number of carbonyl (C=O) groups excluding carboxylic acids is 2. The largest absolute Gasteiger partial charge is 0.439 e. The Kier molecular flexibility index (Phi) is 10.6. The summed E-state index contributed by atoms with van der Waals surface area (Å²) in [6.07, 6.45) is 6.57. The number of rotatable bonds is 10. The highest BCUT2D eigenvalue weighted by molar-refractivity contribution is 7.87. The molecule has 1 aliphatic heterocycles. The van der Waals surface area contributed by atoms with Gasteiger partial charge in [-0.25, -0.2) is 14.1 Å². The van der Waals surface area contributed by atoms with Crippen molar-refractivity contribution >= 4 is 32.9 Å². The van der Waals surface area contributed by atoms with Crippen molar-refractivity contribution in [2.45, 2.75) is 64.5 Å². The summed E-state index contributed by atoms with van der Waals surface area (Å²) in [5.74, 6) is -0.707. The van der Waals surface area contributed by atoms with E-state index in [-0.39, 0.29) is 29.7 Å². The number of nitrogens with zero attached hydrogens (tertiary/aromatic N) is 5. The van der Waals surface area contributed by atoms with Crippen LogP contribution < -0.4 is 9.46 Å². The SMILES string of the molecule is CC(C)N1CCN(C(=O)Cn2c(-c3ccc(Oc4ccccn4)cc3F)c(C3CCCCC3)c3ccc(C(=O)NS(=O)(=O)N(C)C)cc32)CC1. The third kappa shape index (κ3) is 7.54. The lowest BCUT2D eigenvalue weighted by atomic mass is 9.81. The van der Waals surface area contributed by atoms with E-state index in [1.165, 1.54) is 20.2 Å². The maximum Gasteiger partial charge on any atom is 0.303 e. The quantitative estimate of drug-likeness (QED) is 0.223. The Morgan fingerprint density at radius 1 is 1.00 bits per heavy atom. The van der Waals surface area contributed by atoms with Gasteiger partial charge in [0.2, 0.25) is 11.8 Å². The average Bonchev–Trinajstić information content (AvgIpc) is 3.41. The van der Waals surface area contributed by atoms with Gasteiger partial charge in [0.15, 0.2) is 0 Å². The van der Waals surface area contributed by atoms with E-state index in [1.54, 1.807) is 54.7 Å². The van der Waals surface area contributed by atoms with Crippen LogP contribution in [-0.2, 0) is 21.5 Å². The van der Waals surface area contributed by atoms with Crippen molar-refractivity contribution in [1.82, 2.24) is 28.4 Å². The van der Waals surface area contributed by atoms with Gasteiger partial charge in [0.1, 0.15) is 18.1 Å². The fraction of sp³-hybridized carbons (Fsp3) is 0.432. The van der Waals surface area contributed by atoms with Crippen molar-refractivity contribution in [3.63, 3.8) is 0 Å². The highest BCUT2D eigenvalue weighted by Gasteiger charge is 2.31. The first-order valence-corrected chi connectivity index (χ1v) is 18.7. The van der Waals surface area contributed by atoms with E-state index in [4.69, 9.17) is 4.74 Å². The highest BCUT2D eigenvalue weighted by atomic mass is 32.2. The lowest BCUT2D eigenvalue weighted by Gasteiger charge is -2.37. The van der Waals surface area contributed by atoms with Crippen molar-refractivity contribution in [3.05, 3.63) is 77.7 Å². The van der Waals surface area contributed by atoms with Crippen LogP contribution in [0.1, 0.15) is 67.8 Å². The van der Waals surface area contributed by atoms with E-state index >= 15 is 4.39 Å². The van der Waals surface area contributed by atoms with Gasteiger partial charge in [-0.1, -0.05) is 31.4 Å². The van der Waals surface area contributed by atoms with Crippen LogP contribution >= 0.6 is 0 Å². The maximum atomic E-state index is 16.4. The number of nitrogens with one attached hydrogen (secondary N) is 1. The maximum absolute atomic E-state index is 16.4. The molecule has 0 atom stereocenters. The monoisotopic (exact) mass is 704 g/mol. The average molecular weight is 705 g/mol. The topological polar surface area (TPSA) is 117 Å². The molecule has 1 aliphatic carbocycles. The van der Waals surface area contributed by atoms with Crippen LogP contribution in [0, 0.1) is 5.82 Å². The molecule has 0 spiro atoms. The first-order valence-electron chi connectivity index (χ1n) is 17.2. The molecule has 266 valence electrons. The predicted octanol–water partition coefficient (Wildman–Crippen LogP) is 5.77. The zero-order valence-electron chi connectivity index (χ0n) is 29.1. The lowest BCUT2D eigenvalue weighted by Crippen LogP contribution is -2.51. The molecular weight excluding hydrogens is 660 g/mol. The van der Waals surface area contributed by atoms with Crippen molar-refractivity contribution in [2.75, 3.05) is 40.3 Å². The summed E-state index contributed by atoms with van der Waals surface area (Å²) in [5.41, 5.74) is 2.51. The fourth-order valence-corrected chi connectivity index (χ4v) is 7.58. The van der Waals surface area contributed by atoms with Crippen LogP contribution in [0.15, 0.2) is 60.8 Å². The van der Waals surface area contributed by atoms with Gasteiger partial charge in [0, 0.05) is 81.2 Å². The van der Waals surface area contributed by atoms with Gasteiger partial charge in [0.25, 0.3) is 5.91 Å². The third-order valence-corrected chi connectivity index (χ3v) is 11.2. The summed E-state index contributed by atoms with van der Waals surface area (Å²) in [6, 6.07) is 15.3. The molecule has 2 amide bonds. The molecule has 2 aromatic heterocycles. The van der Waals surface area contributed by atoms with E-state index in [2.05, 4.69) is 28.5 Å². The van der Waals surface area contributed by atoms with Crippen LogP contribution in [0.4, 0.5) is 4.39 Å². The number of piperazine rings is 1. The Morgan fingerprint density at radius 2 is 1.74 bits per heavy atom. The molecule has 2 aliphatic rings. The van der Waals surface area contributed by atoms with Crippen LogP contribution in [0.5, 0.6) is 11.6 Å². The lowest BCUT2D eigenvalue weighted by molar-refractivity contribution is -0.133. The van der Waals surface area contributed by atoms with Gasteiger partial charge in [0.05, 0.1) is 11.2 Å². The molecule has 50 heavy (non-hydrogen) atoms. The Labute approximate surface area is 293 Å². The standard InChI is InChI=1S/C37H45FN6O5S/c1-25(2)42-18-20-43(21-19-42)34(45)24-44-32-22-27(37(46)40-50(47,48)41(3)4)13-15-30(32)35(26-10-6-5-7-11-26)36(44)29-16-14-28(23-31(29)38)49-33-12-8-9-17-39-33/h8-9,12-17,22-23,25-26H,5-7,10-11,18-21,24H2,1-4H3,(H,40,46). The first-order chi connectivity index (χ1) is 23.9. The number of halogens is 1. The zero-order valence-corrected chi connectivity index (χ0v) is 29.9. The van der Waals surface area contributed by atoms with E-state index in [1.807, 2.05) is 9.47 Å². The molecule has 1 N–H and O–H groups in total. The molecular formula is C37H45FN6O5S. The Hall–Kier alpha value is -4.33. The second-order valence-electron chi connectivity index (χ2n) is 13.6. The summed E-state index contributed by atoms with van der Waals surface area (Å²) in [7, 11) is -1.38. The smallest absolute Gasteiger partial charge is 0.303 e. The number of carbonyl (C=O) groups is 2. The van der Waals surface area contributed by atoms with E-state index in [0.717, 1.165) is 60.4 Å². The molecule has 6 rings (SSSR count). The van der Waals surface area contributed by atoms with Gasteiger partial charge < -0.3 is 14.2 Å². The van der Waals surface area contributed by atoms with Crippen LogP contribution in [0.25, 0.3) is 22.2 Å². The molecule has 1 saturated carbocycles. The number of amides is 2. The summed E-state index contributed by atoms with van der Waals surface area (Å²) >= 11 is 0. The number of hydrogen-bond donors (Lipinski definition) is 1. The number of benzene rings is 2. The molecule has 1 saturated heterocycles. The zero-order chi connectivity index (χ0) is 35.6. The molecule has 3 heterocycles. The molecule has 0 radical (unpaired) electrons. The van der Waals surface area contributed by atoms with Gasteiger partial charge in [-0.05, 0) is 68.5 Å². The van der Waals surface area contributed by atoms with E-state index < -0.39 is 21.9 Å². The Balaban J connectivity index is 1.49. The van der Waals surface area contributed by atoms with Gasteiger partial charge in [-0.3, -0.25) is 14.5 Å². The molecule has 4 aromatic rings. The number of ether oxygens (including phenoxy) is 1. The molecule has 11 nitrogen and oxygen atoms in total. The molecule has 2 aromatic carbocycles. The Morgan fingerprint density at radius 3 is 2.38 bits per heavy atom. The minimum atomic E-state index is -4.05. The van der Waals surface area contributed by atoms with E-state index in [9.17, 15) is 18.0 Å². The fourth-order valence-electron chi connectivity index (χ4n) is 7.05. The molecule has 0 bridgehead atoms. The van der Waals surface area contributed by atoms with Gasteiger partial charge >= 0.3 is 10.2 Å². The predicted molar refractivity (Wildman–Crippen MR) is 191 cm³/mol. The van der Waals surface area contributed by atoms with Crippen molar-refractivity contribution < 1.29 is 27.1 Å². The molecule has 13 heteroatoms. The second kappa shape index (κ2) is 14.9. The second-order valence-corrected chi connectivity index (χ2v) is 15.4. The van der Waals surface area contributed by atoms with Crippen molar-refractivity contribution in [2.24, 2.45) is 0 Å². The summed E-state index contributed by atoms with van der Waals surface area (Å²) in [6.45, 7) is 6.87. The van der Waals surface area contributed by atoms with Crippen molar-refractivity contribution in [3.8, 4) is 22.9 Å². The summed E-state index contributed by atoms with van der Waals surface area (Å²) in [5, 5.41) is 0.810. The number of fused-ring (bicyclic) bond motifs is 1. The number of aromatic nitrogens is 2. The summed E-state index contributed by atoms with van der Waals surface area (Å²) < 4.78 is 52.2. The third-order valence-electron chi connectivity index (χ3n) is 9.83. The van der Waals surface area contributed by atoms with Gasteiger partial charge in [-0.2, -0.15) is 12.7 Å². The molecule has 2 fully saturated rings. The number of hydrogen-bond acceptors (Lipinski definition) is 7. The highest BCUT2D eigenvalue weighted by Crippen LogP contribution is 2.45. The molecule has 0 unspecified atom stereocenters.